The van der Waals surface area contributed by atoms with Crippen molar-refractivity contribution in [2.24, 2.45) is 0 Å². The summed E-state index contributed by atoms with van der Waals surface area (Å²) in [4.78, 5) is 11.5. The van der Waals surface area contributed by atoms with Crippen LogP contribution in [0.5, 0.6) is 0 Å². The molecule has 0 bridgehead atoms. The molecule has 0 heterocycles. The number of rotatable bonds is 8. The molecule has 0 unspecified atom stereocenters. The highest BCUT2D eigenvalue weighted by Crippen LogP contribution is 2.54. The van der Waals surface area contributed by atoms with Crippen molar-refractivity contribution in [1.82, 2.24) is 5.09 Å². The molecule has 8 nitrogen and oxygen atoms in total. The van der Waals surface area contributed by atoms with Crippen LogP contribution in [0.15, 0.2) is 0 Å². The summed E-state index contributed by atoms with van der Waals surface area (Å²) in [6, 6.07) is 0. The number of hydrogen-bond donors (Lipinski definition) is 1. The first-order chi connectivity index (χ1) is 10.2. The van der Waals surface area contributed by atoms with Gasteiger partial charge in [0.15, 0.2) is 13.2 Å². The number of hydrogen-bond acceptors (Lipinski definition) is 7. The molecule has 16 heteroatoms. The molecule has 0 saturated carbocycles. The number of carbonyl (C=O) groups is 1. The molecule has 0 fully saturated rings. The van der Waals surface area contributed by atoms with Gasteiger partial charge in [-0.1, -0.05) is 0 Å². The SMILES string of the molecule is COP(=O)(NC(=O)P(=O)(OCC(F)(F)F)OCC(F)(F)F)OC. The van der Waals surface area contributed by atoms with E-state index in [1.54, 1.807) is 0 Å². The zero-order valence-corrected chi connectivity index (χ0v) is 13.2. The minimum Gasteiger partial charge on any atom is -0.296 e. The first kappa shape index (κ1) is 22.4. The zero-order chi connectivity index (χ0) is 18.5. The van der Waals surface area contributed by atoms with Gasteiger partial charge in [-0.05, 0) is 0 Å². The second-order valence-corrected chi connectivity index (χ2v) is 7.42. The van der Waals surface area contributed by atoms with Crippen molar-refractivity contribution < 1.29 is 58.4 Å². The van der Waals surface area contributed by atoms with Gasteiger partial charge in [-0.15, -0.1) is 0 Å². The quantitative estimate of drug-likeness (QED) is 0.495. The minimum atomic E-state index is -5.65. The summed E-state index contributed by atoms with van der Waals surface area (Å²) < 4.78 is 111. The molecule has 0 aromatic rings. The van der Waals surface area contributed by atoms with Crippen molar-refractivity contribution >= 4 is 21.0 Å². The molecule has 0 aliphatic carbocycles. The summed E-state index contributed by atoms with van der Waals surface area (Å²) in [5.74, 6) is 0. The number of carbonyl (C=O) groups excluding carboxylic acids is 1. The number of alkyl halides is 6. The Morgan fingerprint density at radius 2 is 1.26 bits per heavy atom. The van der Waals surface area contributed by atoms with Crippen molar-refractivity contribution in [1.29, 1.82) is 0 Å². The fraction of sp³-hybridized carbons (Fsp3) is 0.857. The molecule has 0 aliphatic rings. The van der Waals surface area contributed by atoms with E-state index in [1.165, 1.54) is 5.09 Å². The van der Waals surface area contributed by atoms with E-state index < -0.39 is 46.6 Å². The van der Waals surface area contributed by atoms with E-state index in [2.05, 4.69) is 18.1 Å². The van der Waals surface area contributed by atoms with Crippen molar-refractivity contribution in [3.63, 3.8) is 0 Å². The van der Waals surface area contributed by atoms with Gasteiger partial charge in [0.25, 0.3) is 0 Å². The summed E-state index contributed by atoms with van der Waals surface area (Å²) in [6.45, 7) is -4.69. The molecular weight excluding hydrogens is 386 g/mol. The smallest absolute Gasteiger partial charge is 0.296 e. The standard InChI is InChI=1S/C7H11F6NO7P2/c1-18-23(17,19-2)14-5(15)22(16,20-3-6(8,9)10)21-4-7(11,12)13/h3-4H2,1-2H3,(H,14,15,17). The Morgan fingerprint density at radius 3 is 1.52 bits per heavy atom. The maximum Gasteiger partial charge on any atom is 0.434 e. The van der Waals surface area contributed by atoms with Crippen molar-refractivity contribution in [2.45, 2.75) is 12.4 Å². The summed E-state index contributed by atoms with van der Waals surface area (Å²) in [5.41, 5.74) is -2.15. The maximum absolute atomic E-state index is 12.0. The van der Waals surface area contributed by atoms with Crippen molar-refractivity contribution in [3.8, 4) is 0 Å². The van der Waals surface area contributed by atoms with Gasteiger partial charge < -0.3 is 0 Å². The van der Waals surface area contributed by atoms with Crippen molar-refractivity contribution in [3.05, 3.63) is 0 Å². The number of amides is 1. The molecule has 0 rings (SSSR count). The summed E-state index contributed by atoms with van der Waals surface area (Å²) in [7, 11) is -8.63. The molecule has 23 heavy (non-hydrogen) atoms. The molecule has 0 radical (unpaired) electrons. The van der Waals surface area contributed by atoms with Gasteiger partial charge in [0.2, 0.25) is 0 Å². The van der Waals surface area contributed by atoms with E-state index in [4.69, 9.17) is 0 Å². The molecule has 138 valence electrons. The Kier molecular flexibility index (Phi) is 7.72. The predicted molar refractivity (Wildman–Crippen MR) is 61.8 cm³/mol. The van der Waals surface area contributed by atoms with E-state index in [1.807, 2.05) is 0 Å². The molecule has 0 atom stereocenters. The van der Waals surface area contributed by atoms with E-state index in [9.17, 15) is 40.3 Å². The van der Waals surface area contributed by atoms with Crippen LogP contribution in [0.1, 0.15) is 0 Å². The molecule has 1 N–H and O–H groups in total. The fourth-order valence-electron chi connectivity index (χ4n) is 0.815. The largest absolute Gasteiger partial charge is 0.434 e. The lowest BCUT2D eigenvalue weighted by Gasteiger charge is -2.21. The van der Waals surface area contributed by atoms with Crippen LogP contribution in [0, 0.1) is 0 Å². The highest BCUT2D eigenvalue weighted by Gasteiger charge is 2.45. The Bertz CT molecular complexity index is 476. The lowest BCUT2D eigenvalue weighted by atomic mass is 10.7. The van der Waals surface area contributed by atoms with E-state index >= 15 is 0 Å². The first-order valence-electron chi connectivity index (χ1n) is 5.23. The number of halogens is 6. The van der Waals surface area contributed by atoms with E-state index in [-0.39, 0.29) is 0 Å². The van der Waals surface area contributed by atoms with Gasteiger partial charge in [-0.2, -0.15) is 26.3 Å². The maximum atomic E-state index is 12.0. The molecule has 0 aromatic carbocycles. The Labute approximate surface area is 125 Å². The topological polar surface area (TPSA) is 100 Å². The summed E-state index contributed by atoms with van der Waals surface area (Å²) in [6.07, 6.45) is -10.2. The van der Waals surface area contributed by atoms with Crippen LogP contribution in [0.25, 0.3) is 0 Å². The third kappa shape index (κ3) is 8.68. The van der Waals surface area contributed by atoms with Gasteiger partial charge in [0.05, 0.1) is 0 Å². The van der Waals surface area contributed by atoms with Crippen LogP contribution >= 0.6 is 15.3 Å². The van der Waals surface area contributed by atoms with Crippen LogP contribution in [-0.4, -0.2) is 45.4 Å². The minimum absolute atomic E-state index is 0.739. The Balaban J connectivity index is 5.28. The number of nitrogens with one attached hydrogen (secondary N) is 1. The van der Waals surface area contributed by atoms with Crippen LogP contribution in [-0.2, 0) is 27.2 Å². The first-order valence-corrected chi connectivity index (χ1v) is 8.32. The molecule has 0 saturated heterocycles. The van der Waals surface area contributed by atoms with Crippen molar-refractivity contribution in [2.75, 3.05) is 27.4 Å². The molecule has 0 aliphatic heterocycles. The molecular formula is C7H11F6NO7P2. The molecule has 0 aromatic heterocycles. The Morgan fingerprint density at radius 1 is 0.913 bits per heavy atom. The van der Waals surface area contributed by atoms with E-state index in [0.29, 0.717) is 0 Å². The second kappa shape index (κ2) is 7.95. The third-order valence-corrected chi connectivity index (χ3v) is 4.92. The highest BCUT2D eigenvalue weighted by atomic mass is 31.2. The van der Waals surface area contributed by atoms with Crippen LogP contribution in [0.2, 0.25) is 0 Å². The van der Waals surface area contributed by atoms with Crippen LogP contribution in [0.4, 0.5) is 31.1 Å². The lowest BCUT2D eigenvalue weighted by Crippen LogP contribution is -2.27. The highest BCUT2D eigenvalue weighted by molar-refractivity contribution is 7.73. The second-order valence-electron chi connectivity index (χ2n) is 3.55. The summed E-state index contributed by atoms with van der Waals surface area (Å²) >= 11 is 0. The van der Waals surface area contributed by atoms with Gasteiger partial charge in [-0.25, -0.2) is 9.13 Å². The van der Waals surface area contributed by atoms with Gasteiger partial charge in [-0.3, -0.25) is 28.0 Å². The monoisotopic (exact) mass is 397 g/mol. The third-order valence-electron chi connectivity index (χ3n) is 1.76. The average molecular weight is 397 g/mol. The van der Waals surface area contributed by atoms with E-state index in [0.717, 1.165) is 14.2 Å². The van der Waals surface area contributed by atoms with Gasteiger partial charge in [0.1, 0.15) is 0 Å². The Hall–Kier alpha value is -0.650. The lowest BCUT2D eigenvalue weighted by molar-refractivity contribution is -0.164. The normalized spacial score (nSPS) is 13.9. The molecule has 1 amide bonds. The van der Waals surface area contributed by atoms with Crippen LogP contribution in [0.3, 0.4) is 0 Å². The van der Waals surface area contributed by atoms with Gasteiger partial charge in [0, 0.05) is 14.2 Å². The van der Waals surface area contributed by atoms with Crippen LogP contribution < -0.4 is 5.09 Å². The average Bonchev–Trinajstić information content (AvgIpc) is 2.41. The zero-order valence-electron chi connectivity index (χ0n) is 11.4. The summed E-state index contributed by atoms with van der Waals surface area (Å²) in [5, 5.41) is 1.23. The van der Waals surface area contributed by atoms with Gasteiger partial charge >= 0.3 is 33.3 Å². The fourth-order valence-corrected chi connectivity index (χ4v) is 3.18. The predicted octanol–water partition coefficient (Wildman–Crippen LogP) is 3.45. The molecule has 0 spiro atoms.